The highest BCUT2D eigenvalue weighted by molar-refractivity contribution is 7.92. The summed E-state index contributed by atoms with van der Waals surface area (Å²) in [5, 5.41) is 5.49. The normalized spacial score (nSPS) is 11.8. The molecule has 30 heavy (non-hydrogen) atoms. The van der Waals surface area contributed by atoms with Gasteiger partial charge >= 0.3 is 0 Å². The Hall–Kier alpha value is -2.57. The lowest BCUT2D eigenvalue weighted by Crippen LogP contribution is -2.23. The number of nitrogens with zero attached hydrogens (tertiary/aromatic N) is 1. The first-order valence-electron chi connectivity index (χ1n) is 9.29. The lowest BCUT2D eigenvalue weighted by Gasteiger charge is -2.18. The molecule has 0 aliphatic carbocycles. The first-order chi connectivity index (χ1) is 14.0. The molecule has 0 saturated heterocycles. The van der Waals surface area contributed by atoms with Crippen LogP contribution in [0.2, 0.25) is 24.7 Å². The van der Waals surface area contributed by atoms with Crippen molar-refractivity contribution in [3.8, 4) is 11.3 Å². The molecular formula is C22H23ClN2O3SSi. The molecule has 156 valence electrons. The maximum atomic E-state index is 13.1. The number of hydrogen-bond acceptors (Lipinski definition) is 4. The molecule has 5 nitrogen and oxygen atoms in total. The second-order valence-electron chi connectivity index (χ2n) is 7.96. The van der Waals surface area contributed by atoms with Crippen LogP contribution >= 0.6 is 11.6 Å². The van der Waals surface area contributed by atoms with Crippen molar-refractivity contribution in [1.29, 1.82) is 0 Å². The molecule has 3 aromatic rings. The van der Waals surface area contributed by atoms with Crippen LogP contribution in [0.1, 0.15) is 11.3 Å². The summed E-state index contributed by atoms with van der Waals surface area (Å²) in [7, 11) is -5.83. The minimum Gasteiger partial charge on any atom is -0.353 e. The quantitative estimate of drug-likeness (QED) is 0.355. The van der Waals surface area contributed by atoms with Crippen LogP contribution in [0.15, 0.2) is 70.3 Å². The second kappa shape index (κ2) is 8.28. The van der Waals surface area contributed by atoms with Crippen molar-refractivity contribution >= 4 is 40.6 Å². The molecule has 1 aromatic heterocycles. The highest BCUT2D eigenvalue weighted by atomic mass is 35.5. The van der Waals surface area contributed by atoms with E-state index in [4.69, 9.17) is 16.1 Å². The SMILES string of the molecule is C=C=C(c1onc(-c2ccc(Cl)cc2)c1NS(=O)(=O)c1ccc(C)cc1)[Si](C)(C)C. The van der Waals surface area contributed by atoms with Crippen molar-refractivity contribution in [3.63, 3.8) is 0 Å². The van der Waals surface area contributed by atoms with E-state index in [1.54, 1.807) is 48.5 Å². The van der Waals surface area contributed by atoms with E-state index in [0.717, 1.165) is 10.8 Å². The molecule has 0 saturated carbocycles. The van der Waals surface area contributed by atoms with Gasteiger partial charge in [0.1, 0.15) is 11.4 Å². The standard InChI is InChI=1S/C22H23ClN2O3SSi/c1-6-19(30(3,4)5)22-21(20(24-28-22)16-9-11-17(23)12-10-16)25-29(26,27)18-13-7-15(2)8-14-18/h7-14,25H,1H2,2-5H3. The molecule has 0 amide bonds. The molecule has 0 bridgehead atoms. The molecule has 1 heterocycles. The van der Waals surface area contributed by atoms with Gasteiger partial charge in [-0.2, -0.15) is 0 Å². The van der Waals surface area contributed by atoms with Gasteiger partial charge in [0.15, 0.2) is 5.76 Å². The van der Waals surface area contributed by atoms with Gasteiger partial charge in [-0.05, 0) is 31.2 Å². The summed E-state index contributed by atoms with van der Waals surface area (Å²) in [4.78, 5) is 0.152. The fourth-order valence-corrected chi connectivity index (χ4v) is 5.54. The number of halogens is 1. The largest absolute Gasteiger partial charge is 0.353 e. The summed E-state index contributed by atoms with van der Waals surface area (Å²) in [6, 6.07) is 13.6. The molecule has 8 heteroatoms. The first kappa shape index (κ1) is 22.1. The maximum Gasteiger partial charge on any atom is 0.262 e. The number of anilines is 1. The fraction of sp³-hybridized carbons (Fsp3) is 0.182. The minimum absolute atomic E-state index is 0.152. The van der Waals surface area contributed by atoms with Gasteiger partial charge in [0.25, 0.3) is 10.0 Å². The van der Waals surface area contributed by atoms with Crippen molar-refractivity contribution in [2.24, 2.45) is 0 Å². The Labute approximate surface area is 183 Å². The Morgan fingerprint density at radius 2 is 1.70 bits per heavy atom. The Morgan fingerprint density at radius 3 is 2.23 bits per heavy atom. The smallest absolute Gasteiger partial charge is 0.262 e. The molecule has 0 spiro atoms. The van der Waals surface area contributed by atoms with Gasteiger partial charge in [-0.1, -0.05) is 72.8 Å². The van der Waals surface area contributed by atoms with Crippen LogP contribution in [0.25, 0.3) is 16.5 Å². The van der Waals surface area contributed by atoms with Gasteiger partial charge in [-0.3, -0.25) is 4.72 Å². The van der Waals surface area contributed by atoms with Gasteiger partial charge in [0.2, 0.25) is 0 Å². The van der Waals surface area contributed by atoms with E-state index in [0.29, 0.717) is 22.0 Å². The topological polar surface area (TPSA) is 72.2 Å². The van der Waals surface area contributed by atoms with Crippen LogP contribution in [0.5, 0.6) is 0 Å². The zero-order chi connectivity index (χ0) is 22.1. The van der Waals surface area contributed by atoms with E-state index in [9.17, 15) is 8.42 Å². The lowest BCUT2D eigenvalue weighted by molar-refractivity contribution is 0.414. The van der Waals surface area contributed by atoms with E-state index in [1.165, 1.54) is 0 Å². The number of hydrogen-bond donors (Lipinski definition) is 1. The van der Waals surface area contributed by atoms with E-state index in [-0.39, 0.29) is 10.6 Å². The molecule has 1 N–H and O–H groups in total. The van der Waals surface area contributed by atoms with Crippen LogP contribution in [0.4, 0.5) is 5.69 Å². The van der Waals surface area contributed by atoms with Gasteiger partial charge in [0, 0.05) is 15.8 Å². The van der Waals surface area contributed by atoms with Crippen molar-refractivity contribution in [1.82, 2.24) is 5.16 Å². The summed E-state index contributed by atoms with van der Waals surface area (Å²) in [6.07, 6.45) is 0. The van der Waals surface area contributed by atoms with Gasteiger partial charge < -0.3 is 4.52 Å². The third-order valence-electron chi connectivity index (χ3n) is 4.53. The van der Waals surface area contributed by atoms with Gasteiger partial charge in [-0.15, -0.1) is 5.73 Å². The third-order valence-corrected chi connectivity index (χ3v) is 8.05. The lowest BCUT2D eigenvalue weighted by atomic mass is 10.1. The highest BCUT2D eigenvalue weighted by Gasteiger charge is 2.31. The second-order valence-corrected chi connectivity index (χ2v) is 15.1. The average Bonchev–Trinajstić information content (AvgIpc) is 3.04. The number of nitrogens with one attached hydrogen (secondary N) is 1. The van der Waals surface area contributed by atoms with Gasteiger partial charge in [-0.25, -0.2) is 8.42 Å². The molecule has 0 aliphatic heterocycles. The summed E-state index contributed by atoms with van der Waals surface area (Å²) in [5.41, 5.74) is 5.24. The molecule has 3 rings (SSSR count). The average molecular weight is 459 g/mol. The molecule has 0 aliphatic rings. The van der Waals surface area contributed by atoms with Crippen LogP contribution in [-0.2, 0) is 10.0 Å². The first-order valence-corrected chi connectivity index (χ1v) is 14.6. The Kier molecular flexibility index (Phi) is 6.10. The summed E-state index contributed by atoms with van der Waals surface area (Å²) >= 11 is 6.00. The van der Waals surface area contributed by atoms with E-state index in [1.807, 2.05) is 6.92 Å². The zero-order valence-corrected chi connectivity index (χ0v) is 19.9. The number of aryl methyl sites for hydroxylation is 1. The molecule has 2 aromatic carbocycles. The third kappa shape index (κ3) is 4.60. The molecule has 0 atom stereocenters. The van der Waals surface area contributed by atoms with Crippen LogP contribution < -0.4 is 4.72 Å². The van der Waals surface area contributed by atoms with E-state index < -0.39 is 18.1 Å². The molecule has 0 unspecified atom stereocenters. The maximum absolute atomic E-state index is 13.1. The fourth-order valence-electron chi connectivity index (χ4n) is 2.96. The molecule has 0 radical (unpaired) electrons. The van der Waals surface area contributed by atoms with Crippen LogP contribution in [0, 0.1) is 6.92 Å². The van der Waals surface area contributed by atoms with Crippen molar-refractivity contribution in [3.05, 3.63) is 77.2 Å². The highest BCUT2D eigenvalue weighted by Crippen LogP contribution is 2.38. The predicted octanol–water partition coefficient (Wildman–Crippen LogP) is 6.15. The molecular weight excluding hydrogens is 436 g/mol. The monoisotopic (exact) mass is 458 g/mol. The summed E-state index contributed by atoms with van der Waals surface area (Å²) in [5.74, 6) is 0.338. The Morgan fingerprint density at radius 1 is 1.10 bits per heavy atom. The number of aromatic nitrogens is 1. The van der Waals surface area contributed by atoms with Gasteiger partial charge in [0.05, 0.1) is 13.0 Å². The van der Waals surface area contributed by atoms with Crippen LogP contribution in [-0.4, -0.2) is 21.6 Å². The predicted molar refractivity (Wildman–Crippen MR) is 125 cm³/mol. The molecule has 0 fully saturated rings. The van der Waals surface area contributed by atoms with E-state index >= 15 is 0 Å². The number of benzene rings is 2. The minimum atomic E-state index is -3.87. The van der Waals surface area contributed by atoms with Crippen molar-refractivity contribution in [2.75, 3.05) is 4.72 Å². The van der Waals surface area contributed by atoms with Crippen LogP contribution in [0.3, 0.4) is 0 Å². The van der Waals surface area contributed by atoms with Crippen molar-refractivity contribution in [2.45, 2.75) is 31.5 Å². The number of sulfonamides is 1. The van der Waals surface area contributed by atoms with E-state index in [2.05, 4.69) is 41.8 Å². The Bertz CT molecular complexity index is 1220. The zero-order valence-electron chi connectivity index (χ0n) is 17.3. The summed E-state index contributed by atoms with van der Waals surface area (Å²) < 4.78 is 34.6. The van der Waals surface area contributed by atoms with Crippen molar-refractivity contribution < 1.29 is 12.9 Å². The summed E-state index contributed by atoms with van der Waals surface area (Å²) in [6.45, 7) is 12.0. The Balaban J connectivity index is 2.19. The number of rotatable bonds is 6.